The van der Waals surface area contributed by atoms with E-state index < -0.39 is 12.6 Å². The number of rotatable bonds is 7. The highest BCUT2D eigenvalue weighted by atomic mass is 16.6. The van der Waals surface area contributed by atoms with Crippen molar-refractivity contribution in [2.45, 2.75) is 20.8 Å². The molecule has 0 spiro atoms. The van der Waals surface area contributed by atoms with E-state index in [0.29, 0.717) is 16.5 Å². The molecule has 2 aromatic carbocycles. The van der Waals surface area contributed by atoms with E-state index in [1.165, 1.54) is 7.11 Å². The smallest absolute Gasteiger partial charge is 0.344 e. The summed E-state index contributed by atoms with van der Waals surface area (Å²) in [5.41, 5.74) is 3.71. The Balaban J connectivity index is 2.06. The van der Waals surface area contributed by atoms with E-state index >= 15 is 0 Å². The zero-order valence-corrected chi connectivity index (χ0v) is 17.0. The number of fused-ring (bicyclic) bond motifs is 1. The molecule has 6 heteroatoms. The van der Waals surface area contributed by atoms with Gasteiger partial charge in [-0.25, -0.2) is 4.79 Å². The van der Waals surface area contributed by atoms with Gasteiger partial charge in [0.05, 0.1) is 12.0 Å². The molecule has 0 fully saturated rings. The van der Waals surface area contributed by atoms with E-state index in [1.54, 1.807) is 0 Å². The monoisotopic (exact) mass is 396 g/mol. The second kappa shape index (κ2) is 8.92. The SMILES string of the molecule is COCCOC(=O)COc1c(-c2ccc(C)cc2)oc2cc(C)cc(C)c2c1=O. The van der Waals surface area contributed by atoms with Gasteiger partial charge in [0.1, 0.15) is 12.2 Å². The van der Waals surface area contributed by atoms with Gasteiger partial charge in [-0.05, 0) is 38.0 Å². The van der Waals surface area contributed by atoms with Gasteiger partial charge < -0.3 is 18.6 Å². The van der Waals surface area contributed by atoms with E-state index in [-0.39, 0.29) is 30.2 Å². The third-order valence-corrected chi connectivity index (χ3v) is 4.49. The maximum absolute atomic E-state index is 13.2. The molecule has 29 heavy (non-hydrogen) atoms. The van der Waals surface area contributed by atoms with Gasteiger partial charge in [-0.15, -0.1) is 0 Å². The number of carbonyl (C=O) groups is 1. The lowest BCUT2D eigenvalue weighted by molar-refractivity contribution is -0.147. The minimum absolute atomic E-state index is 0.00278. The van der Waals surface area contributed by atoms with Crippen LogP contribution < -0.4 is 10.2 Å². The van der Waals surface area contributed by atoms with Gasteiger partial charge >= 0.3 is 5.97 Å². The lowest BCUT2D eigenvalue weighted by Gasteiger charge is -2.13. The van der Waals surface area contributed by atoms with Crippen LogP contribution in [0.3, 0.4) is 0 Å². The van der Waals surface area contributed by atoms with Crippen molar-refractivity contribution in [2.75, 3.05) is 26.9 Å². The van der Waals surface area contributed by atoms with Crippen molar-refractivity contribution in [3.63, 3.8) is 0 Å². The standard InChI is InChI=1S/C23H24O6/c1-14-5-7-17(8-6-14)22-23(28-13-19(24)27-10-9-26-4)21(25)20-16(3)11-15(2)12-18(20)29-22/h5-8,11-12H,9-10,13H2,1-4H3. The van der Waals surface area contributed by atoms with Gasteiger partial charge in [-0.2, -0.15) is 0 Å². The highest BCUT2D eigenvalue weighted by Gasteiger charge is 2.20. The largest absolute Gasteiger partial charge is 0.474 e. The Morgan fingerprint density at radius 2 is 1.72 bits per heavy atom. The number of ether oxygens (including phenoxy) is 3. The number of methoxy groups -OCH3 is 1. The maximum atomic E-state index is 13.2. The quantitative estimate of drug-likeness (QED) is 0.445. The fraction of sp³-hybridized carbons (Fsp3) is 0.304. The van der Waals surface area contributed by atoms with Gasteiger partial charge in [0.25, 0.3) is 0 Å². The maximum Gasteiger partial charge on any atom is 0.344 e. The van der Waals surface area contributed by atoms with Gasteiger partial charge in [-0.3, -0.25) is 4.79 Å². The summed E-state index contributed by atoms with van der Waals surface area (Å²) in [6.45, 7) is 5.77. The molecule has 3 rings (SSSR count). The van der Waals surface area contributed by atoms with Gasteiger partial charge in [-0.1, -0.05) is 35.9 Å². The van der Waals surface area contributed by atoms with Crippen LogP contribution in [0.25, 0.3) is 22.3 Å². The Morgan fingerprint density at radius 3 is 2.41 bits per heavy atom. The van der Waals surface area contributed by atoms with Crippen LogP contribution in [-0.2, 0) is 14.3 Å². The average molecular weight is 396 g/mol. The van der Waals surface area contributed by atoms with Gasteiger partial charge in [0.2, 0.25) is 11.2 Å². The van der Waals surface area contributed by atoms with Crippen LogP contribution in [0.1, 0.15) is 16.7 Å². The first-order valence-corrected chi connectivity index (χ1v) is 9.33. The molecule has 0 bridgehead atoms. The van der Waals surface area contributed by atoms with Crippen molar-refractivity contribution in [3.05, 3.63) is 63.3 Å². The molecule has 6 nitrogen and oxygen atoms in total. The van der Waals surface area contributed by atoms with Crippen LogP contribution in [0.4, 0.5) is 0 Å². The Bertz CT molecular complexity index is 1080. The fourth-order valence-electron chi connectivity index (χ4n) is 3.11. The molecule has 0 amide bonds. The van der Waals surface area contributed by atoms with Crippen LogP contribution in [0.2, 0.25) is 0 Å². The molecule has 0 radical (unpaired) electrons. The predicted molar refractivity (Wildman–Crippen MR) is 110 cm³/mol. The van der Waals surface area contributed by atoms with Crippen molar-refractivity contribution in [3.8, 4) is 17.1 Å². The first-order chi connectivity index (χ1) is 13.9. The zero-order chi connectivity index (χ0) is 21.0. The minimum Gasteiger partial charge on any atom is -0.474 e. The first-order valence-electron chi connectivity index (χ1n) is 9.33. The number of esters is 1. The summed E-state index contributed by atoms with van der Waals surface area (Å²) in [7, 11) is 1.52. The molecule has 0 aliphatic carbocycles. The molecule has 0 aliphatic heterocycles. The van der Waals surface area contributed by atoms with Crippen LogP contribution in [0.5, 0.6) is 5.75 Å². The average Bonchev–Trinajstić information content (AvgIpc) is 2.67. The molecular formula is C23H24O6. The lowest BCUT2D eigenvalue weighted by Crippen LogP contribution is -2.20. The van der Waals surface area contributed by atoms with Crippen molar-refractivity contribution < 1.29 is 23.4 Å². The van der Waals surface area contributed by atoms with E-state index in [9.17, 15) is 9.59 Å². The Hall–Kier alpha value is -3.12. The van der Waals surface area contributed by atoms with E-state index in [4.69, 9.17) is 18.6 Å². The number of aryl methyl sites for hydroxylation is 3. The number of carbonyl (C=O) groups excluding carboxylic acids is 1. The Labute approximate surface area is 169 Å². The fourth-order valence-corrected chi connectivity index (χ4v) is 3.11. The summed E-state index contributed by atoms with van der Waals surface area (Å²) in [6.07, 6.45) is 0. The first kappa shape index (κ1) is 20.6. The summed E-state index contributed by atoms with van der Waals surface area (Å²) < 4.78 is 21.6. The second-order valence-corrected chi connectivity index (χ2v) is 6.91. The highest BCUT2D eigenvalue weighted by molar-refractivity contribution is 5.85. The number of hydrogen-bond acceptors (Lipinski definition) is 6. The van der Waals surface area contributed by atoms with Crippen molar-refractivity contribution >= 4 is 16.9 Å². The van der Waals surface area contributed by atoms with E-state index in [2.05, 4.69) is 0 Å². The minimum atomic E-state index is -0.586. The molecule has 0 saturated heterocycles. The molecule has 0 aliphatic rings. The Kier molecular flexibility index (Phi) is 6.34. The van der Waals surface area contributed by atoms with Crippen molar-refractivity contribution in [1.29, 1.82) is 0 Å². The molecule has 1 aromatic heterocycles. The normalized spacial score (nSPS) is 10.9. The molecule has 0 atom stereocenters. The number of hydrogen-bond donors (Lipinski definition) is 0. The molecule has 3 aromatic rings. The summed E-state index contributed by atoms with van der Waals surface area (Å²) >= 11 is 0. The third-order valence-electron chi connectivity index (χ3n) is 4.49. The molecule has 152 valence electrons. The molecule has 0 unspecified atom stereocenters. The highest BCUT2D eigenvalue weighted by Crippen LogP contribution is 2.32. The number of benzene rings is 2. The second-order valence-electron chi connectivity index (χ2n) is 6.91. The molecule has 0 N–H and O–H groups in total. The summed E-state index contributed by atoms with van der Waals surface area (Å²) in [4.78, 5) is 25.2. The summed E-state index contributed by atoms with van der Waals surface area (Å²) in [5, 5.41) is 0.439. The lowest BCUT2D eigenvalue weighted by atomic mass is 10.0. The summed E-state index contributed by atoms with van der Waals surface area (Å²) in [6, 6.07) is 11.3. The predicted octanol–water partition coefficient (Wildman–Crippen LogP) is 3.95. The molecule has 1 heterocycles. The van der Waals surface area contributed by atoms with Gasteiger partial charge in [0, 0.05) is 12.7 Å². The zero-order valence-electron chi connectivity index (χ0n) is 17.0. The molecular weight excluding hydrogens is 372 g/mol. The third kappa shape index (κ3) is 4.66. The van der Waals surface area contributed by atoms with Crippen LogP contribution in [0, 0.1) is 20.8 Å². The Morgan fingerprint density at radius 1 is 1.00 bits per heavy atom. The summed E-state index contributed by atoms with van der Waals surface area (Å²) in [5.74, 6) is -0.300. The van der Waals surface area contributed by atoms with Gasteiger partial charge in [0.15, 0.2) is 12.4 Å². The molecule has 0 saturated carbocycles. The van der Waals surface area contributed by atoms with Crippen molar-refractivity contribution in [2.24, 2.45) is 0 Å². The van der Waals surface area contributed by atoms with Crippen LogP contribution in [-0.4, -0.2) is 32.9 Å². The van der Waals surface area contributed by atoms with Crippen LogP contribution >= 0.6 is 0 Å². The van der Waals surface area contributed by atoms with Crippen LogP contribution in [0.15, 0.2) is 45.6 Å². The van der Waals surface area contributed by atoms with Crippen molar-refractivity contribution in [1.82, 2.24) is 0 Å². The van der Waals surface area contributed by atoms with E-state index in [0.717, 1.165) is 16.7 Å². The van der Waals surface area contributed by atoms with E-state index in [1.807, 2.05) is 57.2 Å². The topological polar surface area (TPSA) is 75.0 Å².